The van der Waals surface area contributed by atoms with E-state index in [1.165, 1.54) is 0 Å². The van der Waals surface area contributed by atoms with Gasteiger partial charge in [-0.2, -0.15) is 13.2 Å². The molecule has 6 nitrogen and oxygen atoms in total. The van der Waals surface area contributed by atoms with Crippen LogP contribution in [0.1, 0.15) is 33.5 Å². The molecular weight excluding hydrogens is 403 g/mol. The first-order valence-corrected chi connectivity index (χ1v) is 10.1. The summed E-state index contributed by atoms with van der Waals surface area (Å²) in [6.45, 7) is 3.51. The molecule has 0 unspecified atom stereocenters. The van der Waals surface area contributed by atoms with Gasteiger partial charge in [-0.1, -0.05) is 12.1 Å². The number of alkyl halides is 3. The van der Waals surface area contributed by atoms with Crippen LogP contribution >= 0.6 is 11.3 Å². The maximum atomic E-state index is 12.6. The predicted octanol–water partition coefficient (Wildman–Crippen LogP) is 2.86. The molecule has 0 saturated carbocycles. The van der Waals surface area contributed by atoms with Crippen molar-refractivity contribution in [3.05, 3.63) is 51.5 Å². The standard InChI is InChI=1S/C19H24F3N5OS/c1-3-24-18(26-10-8-16-27-15(12-29-16)19(20,21)22)25-9-7-13-5-4-6-14(11-13)17(28)23-2/h4-6,11-12H,3,7-10H2,1-2H3,(H,23,28)(H2,24,25,26). The lowest BCUT2D eigenvalue weighted by Crippen LogP contribution is -2.38. The van der Waals surface area contributed by atoms with Crippen molar-refractivity contribution in [1.29, 1.82) is 0 Å². The van der Waals surface area contributed by atoms with Gasteiger partial charge in [-0.15, -0.1) is 11.3 Å². The number of thiazole rings is 1. The summed E-state index contributed by atoms with van der Waals surface area (Å²) in [4.78, 5) is 19.7. The largest absolute Gasteiger partial charge is 0.434 e. The topological polar surface area (TPSA) is 78.4 Å². The average molecular weight is 427 g/mol. The zero-order valence-electron chi connectivity index (χ0n) is 16.3. The van der Waals surface area contributed by atoms with Gasteiger partial charge < -0.3 is 16.0 Å². The molecule has 0 aliphatic carbocycles. The van der Waals surface area contributed by atoms with E-state index in [4.69, 9.17) is 0 Å². The van der Waals surface area contributed by atoms with Crippen LogP contribution < -0.4 is 16.0 Å². The van der Waals surface area contributed by atoms with Crippen LogP contribution in [0.3, 0.4) is 0 Å². The van der Waals surface area contributed by atoms with Crippen molar-refractivity contribution < 1.29 is 18.0 Å². The summed E-state index contributed by atoms with van der Waals surface area (Å²) in [5.74, 6) is 0.452. The summed E-state index contributed by atoms with van der Waals surface area (Å²) in [6, 6.07) is 7.37. The summed E-state index contributed by atoms with van der Waals surface area (Å²) in [7, 11) is 1.59. The third-order valence-corrected chi connectivity index (χ3v) is 4.81. The summed E-state index contributed by atoms with van der Waals surface area (Å²) >= 11 is 0.988. The van der Waals surface area contributed by atoms with Crippen LogP contribution in [0.25, 0.3) is 0 Å². The van der Waals surface area contributed by atoms with Crippen molar-refractivity contribution in [3.8, 4) is 0 Å². The number of aliphatic imine (C=N–C) groups is 1. The van der Waals surface area contributed by atoms with Gasteiger partial charge in [0, 0.05) is 44.0 Å². The lowest BCUT2D eigenvalue weighted by Gasteiger charge is -2.11. The highest BCUT2D eigenvalue weighted by Gasteiger charge is 2.33. The Morgan fingerprint density at radius 1 is 1.24 bits per heavy atom. The van der Waals surface area contributed by atoms with Gasteiger partial charge in [0.05, 0.1) is 5.01 Å². The maximum absolute atomic E-state index is 12.6. The fourth-order valence-electron chi connectivity index (χ4n) is 2.50. The van der Waals surface area contributed by atoms with Gasteiger partial charge in [0.15, 0.2) is 11.7 Å². The average Bonchev–Trinajstić information content (AvgIpc) is 3.17. The molecule has 1 aromatic carbocycles. The Kier molecular flexibility index (Phi) is 8.44. The van der Waals surface area contributed by atoms with Crippen molar-refractivity contribution >= 4 is 23.2 Å². The normalized spacial score (nSPS) is 12.0. The number of hydrogen-bond donors (Lipinski definition) is 3. The van der Waals surface area contributed by atoms with Crippen molar-refractivity contribution in [2.45, 2.75) is 25.9 Å². The van der Waals surface area contributed by atoms with Gasteiger partial charge in [0.25, 0.3) is 5.91 Å². The molecule has 0 radical (unpaired) electrons. The Hall–Kier alpha value is -2.62. The molecular formula is C19H24F3N5OS. The highest BCUT2D eigenvalue weighted by atomic mass is 32.1. The molecule has 158 valence electrons. The summed E-state index contributed by atoms with van der Waals surface area (Å²) in [5, 5.41) is 10.3. The minimum absolute atomic E-state index is 0.134. The molecule has 0 bridgehead atoms. The molecule has 2 aromatic rings. The second-order valence-electron chi connectivity index (χ2n) is 6.09. The van der Waals surface area contributed by atoms with E-state index in [-0.39, 0.29) is 5.91 Å². The van der Waals surface area contributed by atoms with Gasteiger partial charge in [-0.05, 0) is 31.0 Å². The summed E-state index contributed by atoms with van der Waals surface area (Å²) < 4.78 is 37.8. The second kappa shape index (κ2) is 10.8. The van der Waals surface area contributed by atoms with Crippen LogP contribution in [0.2, 0.25) is 0 Å². The van der Waals surface area contributed by atoms with Crippen LogP contribution in [0.4, 0.5) is 13.2 Å². The molecule has 3 N–H and O–H groups in total. The first-order valence-electron chi connectivity index (χ1n) is 9.18. The van der Waals surface area contributed by atoms with E-state index in [1.54, 1.807) is 13.1 Å². The Labute approximate surface area is 171 Å². The Bertz CT molecular complexity index is 835. The predicted molar refractivity (Wildman–Crippen MR) is 108 cm³/mol. The summed E-state index contributed by atoms with van der Waals surface area (Å²) in [5.41, 5.74) is 0.759. The number of rotatable bonds is 8. The number of carbonyl (C=O) groups is 1. The van der Waals surface area contributed by atoms with Crippen molar-refractivity contribution in [1.82, 2.24) is 20.9 Å². The molecule has 2 rings (SSSR count). The lowest BCUT2D eigenvalue weighted by atomic mass is 10.1. The monoisotopic (exact) mass is 427 g/mol. The van der Waals surface area contributed by atoms with Gasteiger partial charge >= 0.3 is 6.18 Å². The molecule has 0 saturated heterocycles. The van der Waals surface area contributed by atoms with Crippen LogP contribution in [0.15, 0.2) is 34.6 Å². The molecule has 29 heavy (non-hydrogen) atoms. The van der Waals surface area contributed by atoms with Crippen molar-refractivity contribution in [3.63, 3.8) is 0 Å². The highest BCUT2D eigenvalue weighted by Crippen LogP contribution is 2.30. The molecule has 0 aliphatic rings. The number of nitrogens with zero attached hydrogens (tertiary/aromatic N) is 2. The van der Waals surface area contributed by atoms with Crippen molar-refractivity contribution in [2.24, 2.45) is 4.99 Å². The number of aromatic nitrogens is 1. The Morgan fingerprint density at radius 2 is 2.03 bits per heavy atom. The Morgan fingerprint density at radius 3 is 2.69 bits per heavy atom. The van der Waals surface area contributed by atoms with E-state index in [2.05, 4.69) is 25.9 Å². The van der Waals surface area contributed by atoms with E-state index >= 15 is 0 Å². The van der Waals surface area contributed by atoms with E-state index in [0.717, 1.165) is 22.3 Å². The molecule has 1 amide bonds. The molecule has 0 atom stereocenters. The molecule has 0 aliphatic heterocycles. The van der Waals surface area contributed by atoms with Gasteiger partial charge in [-0.25, -0.2) is 4.98 Å². The minimum atomic E-state index is -4.41. The van der Waals surface area contributed by atoms with E-state index < -0.39 is 11.9 Å². The van der Waals surface area contributed by atoms with Gasteiger partial charge in [0.1, 0.15) is 0 Å². The summed E-state index contributed by atoms with van der Waals surface area (Å²) in [6.07, 6.45) is -3.38. The molecule has 1 heterocycles. The first kappa shape index (κ1) is 22.7. The zero-order chi connectivity index (χ0) is 21.3. The SMILES string of the molecule is CCNC(=NCCc1nc(C(F)(F)F)cs1)NCCc1cccc(C(=O)NC)c1. The fraction of sp³-hybridized carbons (Fsp3) is 0.421. The number of benzene rings is 1. The number of nitrogens with one attached hydrogen (secondary N) is 3. The Balaban J connectivity index is 1.86. The van der Waals surface area contributed by atoms with Crippen LogP contribution in [-0.2, 0) is 19.0 Å². The smallest absolute Gasteiger partial charge is 0.357 e. The molecule has 10 heteroatoms. The number of hydrogen-bond acceptors (Lipinski definition) is 4. The van der Waals surface area contributed by atoms with E-state index in [9.17, 15) is 18.0 Å². The van der Waals surface area contributed by atoms with Crippen LogP contribution in [-0.4, -0.2) is 43.5 Å². The molecule has 1 aromatic heterocycles. The highest BCUT2D eigenvalue weighted by molar-refractivity contribution is 7.09. The molecule has 0 fully saturated rings. The number of carbonyl (C=O) groups excluding carboxylic acids is 1. The third kappa shape index (κ3) is 7.37. The van der Waals surface area contributed by atoms with Gasteiger partial charge in [0.2, 0.25) is 0 Å². The van der Waals surface area contributed by atoms with Crippen LogP contribution in [0.5, 0.6) is 0 Å². The van der Waals surface area contributed by atoms with E-state index in [0.29, 0.717) is 49.0 Å². The number of amides is 1. The number of halogens is 3. The maximum Gasteiger partial charge on any atom is 0.434 e. The van der Waals surface area contributed by atoms with Gasteiger partial charge in [-0.3, -0.25) is 9.79 Å². The van der Waals surface area contributed by atoms with Crippen LogP contribution in [0, 0.1) is 0 Å². The third-order valence-electron chi connectivity index (χ3n) is 3.90. The van der Waals surface area contributed by atoms with E-state index in [1.807, 2.05) is 25.1 Å². The first-order chi connectivity index (χ1) is 13.8. The quantitative estimate of drug-likeness (QED) is 0.447. The number of guanidine groups is 1. The minimum Gasteiger partial charge on any atom is -0.357 e. The fourth-order valence-corrected chi connectivity index (χ4v) is 3.29. The van der Waals surface area contributed by atoms with Crippen molar-refractivity contribution in [2.75, 3.05) is 26.7 Å². The molecule has 0 spiro atoms. The second-order valence-corrected chi connectivity index (χ2v) is 7.03. The lowest BCUT2D eigenvalue weighted by molar-refractivity contribution is -0.140. The zero-order valence-corrected chi connectivity index (χ0v) is 17.1.